The number of rotatable bonds is 2. The van der Waals surface area contributed by atoms with Crippen LogP contribution in [0.2, 0.25) is 0 Å². The summed E-state index contributed by atoms with van der Waals surface area (Å²) >= 11 is 0. The lowest BCUT2D eigenvalue weighted by molar-refractivity contribution is -0.137. The third-order valence-electron chi connectivity index (χ3n) is 3.82. The van der Waals surface area contributed by atoms with Crippen molar-refractivity contribution in [2.75, 3.05) is 6.54 Å². The Labute approximate surface area is 125 Å². The zero-order valence-electron chi connectivity index (χ0n) is 11.6. The maximum atomic E-state index is 12.8. The van der Waals surface area contributed by atoms with Crippen LogP contribution >= 0.6 is 0 Å². The lowest BCUT2D eigenvalue weighted by atomic mass is 10.1. The van der Waals surface area contributed by atoms with E-state index in [2.05, 4.69) is 0 Å². The standard InChI is InChI=1S/C16H14F3NO2/c17-16(18,19)12-5-1-4-11(10-12)15(21)20-8-2-6-13(20)14-7-3-9-22-14/h1,3-5,7,9-10,13H,2,6,8H2/t13-/m0/s1. The molecule has 0 aliphatic carbocycles. The van der Waals surface area contributed by atoms with Crippen molar-refractivity contribution in [3.05, 3.63) is 59.5 Å². The maximum absolute atomic E-state index is 12.8. The summed E-state index contributed by atoms with van der Waals surface area (Å²) in [6.07, 6.45) is -1.38. The van der Waals surface area contributed by atoms with Gasteiger partial charge in [0, 0.05) is 12.1 Å². The van der Waals surface area contributed by atoms with Crippen LogP contribution in [0.4, 0.5) is 13.2 Å². The van der Waals surface area contributed by atoms with Gasteiger partial charge in [-0.1, -0.05) is 6.07 Å². The molecular formula is C16H14F3NO2. The maximum Gasteiger partial charge on any atom is 0.416 e. The molecule has 0 N–H and O–H groups in total. The van der Waals surface area contributed by atoms with E-state index < -0.39 is 17.6 Å². The van der Waals surface area contributed by atoms with Crippen LogP contribution in [-0.2, 0) is 6.18 Å². The van der Waals surface area contributed by atoms with Gasteiger partial charge in [0.25, 0.3) is 5.91 Å². The average Bonchev–Trinajstić information content (AvgIpc) is 3.16. The number of amides is 1. The molecule has 1 aliphatic heterocycles. The molecule has 1 aliphatic rings. The summed E-state index contributed by atoms with van der Waals surface area (Å²) in [5.41, 5.74) is -0.764. The van der Waals surface area contributed by atoms with Crippen LogP contribution in [-0.4, -0.2) is 17.4 Å². The molecule has 3 rings (SSSR count). The van der Waals surface area contributed by atoms with Crippen LogP contribution < -0.4 is 0 Å². The first-order valence-corrected chi connectivity index (χ1v) is 6.98. The van der Waals surface area contributed by atoms with Gasteiger partial charge in [0.05, 0.1) is 17.9 Å². The first-order chi connectivity index (χ1) is 10.5. The van der Waals surface area contributed by atoms with Crippen molar-refractivity contribution < 1.29 is 22.4 Å². The summed E-state index contributed by atoms with van der Waals surface area (Å²) in [6, 6.07) is 7.84. The summed E-state index contributed by atoms with van der Waals surface area (Å²) < 4.78 is 43.6. The summed E-state index contributed by atoms with van der Waals surface area (Å²) in [5.74, 6) is 0.267. The molecule has 0 radical (unpaired) electrons. The monoisotopic (exact) mass is 309 g/mol. The van der Waals surface area contributed by atoms with Crippen molar-refractivity contribution in [2.45, 2.75) is 25.1 Å². The van der Waals surface area contributed by atoms with Crippen molar-refractivity contribution in [3.63, 3.8) is 0 Å². The van der Waals surface area contributed by atoms with Crippen LogP contribution in [0.15, 0.2) is 47.1 Å². The molecule has 1 aromatic carbocycles. The van der Waals surface area contributed by atoms with E-state index in [9.17, 15) is 18.0 Å². The number of furan rings is 1. The van der Waals surface area contributed by atoms with E-state index in [0.29, 0.717) is 12.3 Å². The minimum atomic E-state index is -4.46. The highest BCUT2D eigenvalue weighted by Crippen LogP contribution is 2.34. The van der Waals surface area contributed by atoms with Crippen molar-refractivity contribution in [2.24, 2.45) is 0 Å². The highest BCUT2D eigenvalue weighted by atomic mass is 19.4. The predicted molar refractivity (Wildman–Crippen MR) is 73.2 cm³/mol. The molecule has 1 atom stereocenters. The number of carbonyl (C=O) groups excluding carboxylic acids is 1. The molecule has 0 bridgehead atoms. The molecular weight excluding hydrogens is 295 g/mol. The van der Waals surface area contributed by atoms with Crippen molar-refractivity contribution in [1.82, 2.24) is 4.90 Å². The summed E-state index contributed by atoms with van der Waals surface area (Å²) in [6.45, 7) is 0.514. The molecule has 1 fully saturated rings. The molecule has 0 spiro atoms. The minimum Gasteiger partial charge on any atom is -0.467 e. The Balaban J connectivity index is 1.87. The first kappa shape index (κ1) is 14.7. The summed E-state index contributed by atoms with van der Waals surface area (Å²) in [4.78, 5) is 14.1. The normalized spacial score (nSPS) is 18.7. The largest absolute Gasteiger partial charge is 0.467 e. The van der Waals surface area contributed by atoms with E-state index in [1.807, 2.05) is 0 Å². The molecule has 0 unspecified atom stereocenters. The summed E-state index contributed by atoms with van der Waals surface area (Å²) in [7, 11) is 0. The Bertz CT molecular complexity index is 664. The Morgan fingerprint density at radius 1 is 1.23 bits per heavy atom. The topological polar surface area (TPSA) is 33.5 Å². The van der Waals surface area contributed by atoms with E-state index in [0.717, 1.165) is 25.0 Å². The third-order valence-corrected chi connectivity index (χ3v) is 3.82. The van der Waals surface area contributed by atoms with Gasteiger partial charge < -0.3 is 9.32 Å². The molecule has 1 aromatic heterocycles. The van der Waals surface area contributed by atoms with Gasteiger partial charge in [-0.2, -0.15) is 13.2 Å². The highest BCUT2D eigenvalue weighted by molar-refractivity contribution is 5.94. The van der Waals surface area contributed by atoms with Crippen LogP contribution in [0, 0.1) is 0 Å². The van der Waals surface area contributed by atoms with Crippen LogP contribution in [0.1, 0.15) is 40.6 Å². The van der Waals surface area contributed by atoms with E-state index in [1.54, 1.807) is 17.0 Å². The Hall–Kier alpha value is -2.24. The van der Waals surface area contributed by atoms with E-state index >= 15 is 0 Å². The fourth-order valence-corrected chi connectivity index (χ4v) is 2.78. The molecule has 22 heavy (non-hydrogen) atoms. The van der Waals surface area contributed by atoms with E-state index in [1.165, 1.54) is 18.4 Å². The second kappa shape index (κ2) is 5.51. The molecule has 2 heterocycles. The summed E-state index contributed by atoms with van der Waals surface area (Å²) in [5, 5.41) is 0. The second-order valence-corrected chi connectivity index (χ2v) is 5.25. The number of likely N-dealkylation sites (tertiary alicyclic amines) is 1. The lowest BCUT2D eigenvalue weighted by Gasteiger charge is -2.23. The number of nitrogens with zero attached hydrogens (tertiary/aromatic N) is 1. The fourth-order valence-electron chi connectivity index (χ4n) is 2.78. The quantitative estimate of drug-likeness (QED) is 0.830. The van der Waals surface area contributed by atoms with Crippen molar-refractivity contribution in [3.8, 4) is 0 Å². The van der Waals surface area contributed by atoms with Crippen molar-refractivity contribution >= 4 is 5.91 Å². The molecule has 116 valence electrons. The van der Waals surface area contributed by atoms with Crippen LogP contribution in [0.3, 0.4) is 0 Å². The average molecular weight is 309 g/mol. The van der Waals surface area contributed by atoms with Crippen LogP contribution in [0.25, 0.3) is 0 Å². The predicted octanol–water partition coefficient (Wildman–Crippen LogP) is 4.28. The van der Waals surface area contributed by atoms with Gasteiger partial charge in [-0.3, -0.25) is 4.79 Å². The van der Waals surface area contributed by atoms with E-state index in [4.69, 9.17) is 4.42 Å². The number of carbonyl (C=O) groups is 1. The highest BCUT2D eigenvalue weighted by Gasteiger charge is 2.34. The molecule has 1 saturated heterocycles. The lowest BCUT2D eigenvalue weighted by Crippen LogP contribution is -2.30. The smallest absolute Gasteiger partial charge is 0.416 e. The van der Waals surface area contributed by atoms with E-state index in [-0.39, 0.29) is 11.6 Å². The Kier molecular flexibility index (Phi) is 3.68. The third kappa shape index (κ3) is 2.73. The van der Waals surface area contributed by atoms with Gasteiger partial charge in [0.15, 0.2) is 0 Å². The zero-order valence-corrected chi connectivity index (χ0v) is 11.6. The Morgan fingerprint density at radius 2 is 2.05 bits per heavy atom. The molecule has 1 amide bonds. The number of halogens is 3. The molecule has 2 aromatic rings. The van der Waals surface area contributed by atoms with Gasteiger partial charge in [0.2, 0.25) is 0 Å². The van der Waals surface area contributed by atoms with Crippen LogP contribution in [0.5, 0.6) is 0 Å². The van der Waals surface area contributed by atoms with Gasteiger partial charge >= 0.3 is 6.18 Å². The van der Waals surface area contributed by atoms with Gasteiger partial charge in [-0.05, 0) is 43.2 Å². The molecule has 0 saturated carbocycles. The van der Waals surface area contributed by atoms with Crippen molar-refractivity contribution in [1.29, 1.82) is 0 Å². The second-order valence-electron chi connectivity index (χ2n) is 5.25. The number of benzene rings is 1. The number of alkyl halides is 3. The van der Waals surface area contributed by atoms with Gasteiger partial charge in [-0.15, -0.1) is 0 Å². The first-order valence-electron chi connectivity index (χ1n) is 6.98. The zero-order chi connectivity index (χ0) is 15.7. The fraction of sp³-hybridized carbons (Fsp3) is 0.312. The Morgan fingerprint density at radius 3 is 2.73 bits per heavy atom. The minimum absolute atomic E-state index is 0.0493. The van der Waals surface area contributed by atoms with Gasteiger partial charge in [0.1, 0.15) is 5.76 Å². The number of hydrogen-bond acceptors (Lipinski definition) is 2. The molecule has 3 nitrogen and oxygen atoms in total. The SMILES string of the molecule is O=C(c1cccc(C(F)(F)F)c1)N1CCC[C@H]1c1ccco1. The molecule has 6 heteroatoms. The number of hydrogen-bond donors (Lipinski definition) is 0. The van der Waals surface area contributed by atoms with Gasteiger partial charge in [-0.25, -0.2) is 0 Å².